The Morgan fingerprint density at radius 1 is 1.78 bits per heavy atom. The number of aryl methyl sites for hydroxylation is 1. The highest BCUT2D eigenvalue weighted by molar-refractivity contribution is 4.95. The topological polar surface area (TPSA) is 26.0 Å². The Kier molecular flexibility index (Phi) is 1.51. The molecule has 0 fully saturated rings. The Labute approximate surface area is 52.7 Å². The third-order valence-electron chi connectivity index (χ3n) is 1.03. The smallest absolute Gasteiger partial charge is 0.191 e. The fraction of sp³-hybridized carbons (Fsp3) is 0.500. The maximum atomic E-state index is 12.3. The molecule has 3 heteroatoms. The first-order valence-corrected chi connectivity index (χ1v) is 2.76. The summed E-state index contributed by atoms with van der Waals surface area (Å²) in [5.41, 5.74) is 0. The van der Waals surface area contributed by atoms with Crippen molar-refractivity contribution in [3.63, 3.8) is 0 Å². The van der Waals surface area contributed by atoms with Crippen LogP contribution in [0, 0.1) is 6.92 Å². The minimum Gasteiger partial charge on any atom is -0.443 e. The summed E-state index contributed by atoms with van der Waals surface area (Å²) >= 11 is 0. The van der Waals surface area contributed by atoms with Gasteiger partial charge in [-0.2, -0.15) is 0 Å². The standard InChI is InChI=1S/C6H8FNO/c1-4(7)6-3-8-5(2)9-6/h3-4H,1-2H3. The molecule has 1 rings (SSSR count). The molecule has 2 nitrogen and oxygen atoms in total. The maximum Gasteiger partial charge on any atom is 0.191 e. The van der Waals surface area contributed by atoms with E-state index in [-0.39, 0.29) is 0 Å². The van der Waals surface area contributed by atoms with Crippen LogP contribution in [0.2, 0.25) is 0 Å². The molecule has 1 aromatic heterocycles. The lowest BCUT2D eigenvalue weighted by Crippen LogP contribution is -1.77. The highest BCUT2D eigenvalue weighted by Gasteiger charge is 2.06. The molecule has 0 aliphatic heterocycles. The molecule has 1 atom stereocenters. The molecule has 0 spiro atoms. The molecule has 9 heavy (non-hydrogen) atoms. The minimum atomic E-state index is -1.05. The van der Waals surface area contributed by atoms with Crippen LogP contribution in [0.3, 0.4) is 0 Å². The Morgan fingerprint density at radius 2 is 2.44 bits per heavy atom. The lowest BCUT2D eigenvalue weighted by atomic mass is 10.4. The van der Waals surface area contributed by atoms with Gasteiger partial charge in [0.1, 0.15) is 0 Å². The molecule has 50 valence electrons. The van der Waals surface area contributed by atoms with E-state index in [1.807, 2.05) is 0 Å². The average molecular weight is 129 g/mol. The second-order valence-corrected chi connectivity index (χ2v) is 1.90. The molecular weight excluding hydrogens is 121 g/mol. The lowest BCUT2D eigenvalue weighted by Gasteiger charge is -1.90. The quantitative estimate of drug-likeness (QED) is 0.579. The number of halogens is 1. The number of nitrogens with zero attached hydrogens (tertiary/aromatic N) is 1. The second-order valence-electron chi connectivity index (χ2n) is 1.90. The van der Waals surface area contributed by atoms with Crippen molar-refractivity contribution >= 4 is 0 Å². The number of rotatable bonds is 1. The largest absolute Gasteiger partial charge is 0.443 e. The summed E-state index contributed by atoms with van der Waals surface area (Å²) in [6, 6.07) is 0. The van der Waals surface area contributed by atoms with Crippen molar-refractivity contribution in [2.45, 2.75) is 20.0 Å². The summed E-state index contributed by atoms with van der Waals surface area (Å²) in [6.07, 6.45) is 0.353. The van der Waals surface area contributed by atoms with Crippen molar-refractivity contribution in [1.82, 2.24) is 4.98 Å². The summed E-state index contributed by atoms with van der Waals surface area (Å²) in [6.45, 7) is 3.10. The van der Waals surface area contributed by atoms with Gasteiger partial charge in [-0.1, -0.05) is 0 Å². The first-order chi connectivity index (χ1) is 4.20. The van der Waals surface area contributed by atoms with Crippen molar-refractivity contribution in [3.8, 4) is 0 Å². The third kappa shape index (κ3) is 1.28. The fourth-order valence-corrected chi connectivity index (χ4v) is 0.562. The van der Waals surface area contributed by atoms with Gasteiger partial charge in [-0.3, -0.25) is 0 Å². The maximum absolute atomic E-state index is 12.3. The van der Waals surface area contributed by atoms with Crippen LogP contribution >= 0.6 is 0 Å². The molecule has 0 aromatic carbocycles. The number of aromatic nitrogens is 1. The van der Waals surface area contributed by atoms with E-state index in [0.29, 0.717) is 11.7 Å². The lowest BCUT2D eigenvalue weighted by molar-refractivity contribution is 0.304. The SMILES string of the molecule is Cc1ncc(C(C)F)o1. The Bertz CT molecular complexity index is 195. The molecule has 0 amide bonds. The molecule has 0 N–H and O–H groups in total. The van der Waals surface area contributed by atoms with Gasteiger partial charge in [0.25, 0.3) is 0 Å². The molecule has 1 heterocycles. The summed E-state index contributed by atoms with van der Waals surface area (Å²) in [5, 5.41) is 0. The van der Waals surface area contributed by atoms with Gasteiger partial charge in [-0.05, 0) is 6.92 Å². The number of hydrogen-bond acceptors (Lipinski definition) is 2. The fourth-order valence-electron chi connectivity index (χ4n) is 0.562. The van der Waals surface area contributed by atoms with Crippen LogP contribution in [0.5, 0.6) is 0 Å². The second kappa shape index (κ2) is 2.17. The van der Waals surface area contributed by atoms with Gasteiger partial charge in [0, 0.05) is 6.92 Å². The molecule has 0 saturated heterocycles. The first kappa shape index (κ1) is 6.26. The number of alkyl halides is 1. The molecule has 0 bridgehead atoms. The van der Waals surface area contributed by atoms with Crippen LogP contribution in [-0.2, 0) is 0 Å². The first-order valence-electron chi connectivity index (χ1n) is 2.76. The number of oxazole rings is 1. The van der Waals surface area contributed by atoms with E-state index in [1.165, 1.54) is 13.1 Å². The van der Waals surface area contributed by atoms with Crippen LogP contribution in [0.1, 0.15) is 24.7 Å². The van der Waals surface area contributed by atoms with Crippen LogP contribution in [0.15, 0.2) is 10.6 Å². The van der Waals surface area contributed by atoms with Gasteiger partial charge < -0.3 is 4.42 Å². The van der Waals surface area contributed by atoms with Crippen LogP contribution in [-0.4, -0.2) is 4.98 Å². The zero-order valence-corrected chi connectivity index (χ0v) is 5.39. The summed E-state index contributed by atoms with van der Waals surface area (Å²) in [5.74, 6) is 0.807. The Hall–Kier alpha value is -0.860. The van der Waals surface area contributed by atoms with E-state index in [2.05, 4.69) is 4.98 Å². The summed E-state index contributed by atoms with van der Waals surface area (Å²) in [4.78, 5) is 3.73. The number of hydrogen-bond donors (Lipinski definition) is 0. The summed E-state index contributed by atoms with van der Waals surface area (Å²) < 4.78 is 17.2. The van der Waals surface area contributed by atoms with Crippen molar-refractivity contribution < 1.29 is 8.81 Å². The van der Waals surface area contributed by atoms with Crippen molar-refractivity contribution in [3.05, 3.63) is 17.8 Å². The van der Waals surface area contributed by atoms with Gasteiger partial charge >= 0.3 is 0 Å². The van der Waals surface area contributed by atoms with Crippen molar-refractivity contribution in [1.29, 1.82) is 0 Å². The van der Waals surface area contributed by atoms with E-state index in [1.54, 1.807) is 6.92 Å². The molecular formula is C6H8FNO. The molecule has 0 saturated carbocycles. The van der Waals surface area contributed by atoms with E-state index in [4.69, 9.17) is 4.42 Å². The Morgan fingerprint density at radius 3 is 2.67 bits per heavy atom. The van der Waals surface area contributed by atoms with Gasteiger partial charge in [-0.15, -0.1) is 0 Å². The van der Waals surface area contributed by atoms with Crippen LogP contribution < -0.4 is 0 Å². The van der Waals surface area contributed by atoms with E-state index < -0.39 is 6.17 Å². The van der Waals surface area contributed by atoms with Gasteiger partial charge in [-0.25, -0.2) is 9.37 Å². The Balaban J connectivity index is 2.85. The highest BCUT2D eigenvalue weighted by Crippen LogP contribution is 2.15. The monoisotopic (exact) mass is 129 g/mol. The van der Waals surface area contributed by atoms with Gasteiger partial charge in [0.2, 0.25) is 0 Å². The molecule has 0 aliphatic carbocycles. The van der Waals surface area contributed by atoms with Crippen molar-refractivity contribution in [2.24, 2.45) is 0 Å². The van der Waals surface area contributed by atoms with E-state index in [9.17, 15) is 4.39 Å². The molecule has 1 unspecified atom stereocenters. The highest BCUT2D eigenvalue weighted by atomic mass is 19.1. The third-order valence-corrected chi connectivity index (χ3v) is 1.03. The average Bonchev–Trinajstić information content (AvgIpc) is 2.14. The van der Waals surface area contributed by atoms with E-state index >= 15 is 0 Å². The van der Waals surface area contributed by atoms with Gasteiger partial charge in [0.15, 0.2) is 17.8 Å². The predicted octanol–water partition coefficient (Wildman–Crippen LogP) is 2.01. The van der Waals surface area contributed by atoms with Crippen molar-refractivity contribution in [2.75, 3.05) is 0 Å². The zero-order chi connectivity index (χ0) is 6.85. The molecule has 0 radical (unpaired) electrons. The minimum absolute atomic E-state index is 0.299. The normalized spacial score (nSPS) is 13.7. The van der Waals surface area contributed by atoms with Gasteiger partial charge in [0.05, 0.1) is 6.20 Å². The van der Waals surface area contributed by atoms with Crippen LogP contribution in [0.4, 0.5) is 4.39 Å². The van der Waals surface area contributed by atoms with Crippen LogP contribution in [0.25, 0.3) is 0 Å². The summed E-state index contributed by atoms with van der Waals surface area (Å²) in [7, 11) is 0. The predicted molar refractivity (Wildman–Crippen MR) is 30.8 cm³/mol. The molecule has 0 aliphatic rings. The zero-order valence-electron chi connectivity index (χ0n) is 5.39. The molecule has 1 aromatic rings. The van der Waals surface area contributed by atoms with E-state index in [0.717, 1.165) is 0 Å².